The minimum absolute atomic E-state index is 0. The summed E-state index contributed by atoms with van der Waals surface area (Å²) in [6.45, 7) is 1.61. The van der Waals surface area contributed by atoms with E-state index in [1.54, 1.807) is 35.2 Å². The second-order valence-corrected chi connectivity index (χ2v) is 9.12. The monoisotopic (exact) mass is 530 g/mol. The van der Waals surface area contributed by atoms with Crippen molar-refractivity contribution in [3.05, 3.63) is 35.1 Å². The van der Waals surface area contributed by atoms with Crippen molar-refractivity contribution in [3.8, 4) is 0 Å². The van der Waals surface area contributed by atoms with E-state index in [-0.39, 0.29) is 35.8 Å². The molecule has 1 aromatic rings. The van der Waals surface area contributed by atoms with Crippen molar-refractivity contribution in [2.75, 3.05) is 32.6 Å². The molecule has 2 N–H and O–H groups in total. The van der Waals surface area contributed by atoms with Crippen LogP contribution < -0.4 is 10.6 Å². The van der Waals surface area contributed by atoms with Gasteiger partial charge in [0, 0.05) is 38.5 Å². The van der Waals surface area contributed by atoms with Gasteiger partial charge in [0.05, 0.1) is 6.26 Å². The van der Waals surface area contributed by atoms with E-state index in [4.69, 9.17) is 0 Å². The van der Waals surface area contributed by atoms with Gasteiger partial charge in [-0.05, 0) is 42.4 Å². The van der Waals surface area contributed by atoms with Gasteiger partial charge in [0.1, 0.15) is 5.82 Å². The van der Waals surface area contributed by atoms with Gasteiger partial charge in [-0.15, -0.1) is 24.0 Å². The van der Waals surface area contributed by atoms with Crippen molar-refractivity contribution in [2.24, 2.45) is 4.99 Å². The third-order valence-electron chi connectivity index (χ3n) is 4.39. The summed E-state index contributed by atoms with van der Waals surface area (Å²) in [5, 5.41) is 6.42. The van der Waals surface area contributed by atoms with Crippen LogP contribution in [0.2, 0.25) is 0 Å². The van der Waals surface area contributed by atoms with E-state index in [2.05, 4.69) is 15.6 Å². The number of hydrogen-bond donors (Lipinski definition) is 2. The molecule has 2 rings (SSSR count). The number of nitrogens with one attached hydrogen (secondary N) is 2. The summed E-state index contributed by atoms with van der Waals surface area (Å²) in [7, 11) is -1.51. The first kappa shape index (κ1) is 24.4. The minimum atomic E-state index is -3.18. The van der Waals surface area contributed by atoms with Crippen LogP contribution in [0.3, 0.4) is 0 Å². The number of thioether (sulfide) groups is 1. The number of benzene rings is 1. The van der Waals surface area contributed by atoms with Crippen molar-refractivity contribution in [2.45, 2.75) is 31.2 Å². The molecule has 1 atom stereocenters. The van der Waals surface area contributed by atoms with Gasteiger partial charge in [0.25, 0.3) is 0 Å². The van der Waals surface area contributed by atoms with Crippen molar-refractivity contribution in [1.82, 2.24) is 14.9 Å². The number of rotatable bonds is 7. The standard InChI is InChI=1S/C17H27FN4O2S2.HI/c1-19-17(21-11-16-5-4-8-22(16)26(3,23)24)20-10-13-6-7-15(18)9-14(13)12-25-2;/h6-7,9,16H,4-5,8,10-12H2,1-3H3,(H2,19,20,21);1H/t16-;/m1./s1. The third-order valence-corrected chi connectivity index (χ3v) is 6.32. The van der Waals surface area contributed by atoms with Crippen molar-refractivity contribution < 1.29 is 12.8 Å². The second kappa shape index (κ2) is 11.4. The highest BCUT2D eigenvalue weighted by molar-refractivity contribution is 14.0. The Labute approximate surface area is 182 Å². The summed E-state index contributed by atoms with van der Waals surface area (Å²) in [6.07, 6.45) is 4.95. The Balaban J connectivity index is 0.00000364. The lowest BCUT2D eigenvalue weighted by Crippen LogP contribution is -2.46. The fraction of sp³-hybridized carbons (Fsp3) is 0.588. The summed E-state index contributed by atoms with van der Waals surface area (Å²) in [5.41, 5.74) is 1.97. The zero-order valence-electron chi connectivity index (χ0n) is 15.9. The van der Waals surface area contributed by atoms with Gasteiger partial charge in [-0.2, -0.15) is 16.1 Å². The first-order valence-corrected chi connectivity index (χ1v) is 11.8. The van der Waals surface area contributed by atoms with Gasteiger partial charge in [-0.3, -0.25) is 4.99 Å². The number of guanidine groups is 1. The molecule has 0 bridgehead atoms. The summed E-state index contributed by atoms with van der Waals surface area (Å²) in [4.78, 5) is 4.19. The molecule has 1 aliphatic rings. The van der Waals surface area contributed by atoms with Gasteiger partial charge in [0.2, 0.25) is 10.0 Å². The van der Waals surface area contributed by atoms with Crippen LogP contribution in [0.25, 0.3) is 0 Å². The van der Waals surface area contributed by atoms with Gasteiger partial charge in [-0.25, -0.2) is 12.8 Å². The number of aliphatic imine (C=N–C) groups is 1. The zero-order chi connectivity index (χ0) is 19.2. The van der Waals surface area contributed by atoms with Crippen LogP contribution in [0.15, 0.2) is 23.2 Å². The molecule has 1 aliphatic heterocycles. The van der Waals surface area contributed by atoms with Crippen LogP contribution >= 0.6 is 35.7 Å². The summed E-state index contributed by atoms with van der Waals surface area (Å²) in [6, 6.07) is 4.75. The Hall–Kier alpha value is -0.590. The quantitative estimate of drug-likeness (QED) is 0.322. The highest BCUT2D eigenvalue weighted by atomic mass is 127. The Kier molecular flexibility index (Phi) is 10.3. The van der Waals surface area contributed by atoms with Crippen molar-refractivity contribution in [3.63, 3.8) is 0 Å². The molecular weight excluding hydrogens is 502 g/mol. The molecule has 1 fully saturated rings. The van der Waals surface area contributed by atoms with Crippen molar-refractivity contribution >= 4 is 51.7 Å². The predicted molar refractivity (Wildman–Crippen MR) is 122 cm³/mol. The van der Waals surface area contributed by atoms with Crippen LogP contribution in [-0.2, 0) is 22.3 Å². The Morgan fingerprint density at radius 2 is 2.11 bits per heavy atom. The lowest BCUT2D eigenvalue weighted by atomic mass is 10.1. The Morgan fingerprint density at radius 1 is 1.37 bits per heavy atom. The maximum atomic E-state index is 13.4. The largest absolute Gasteiger partial charge is 0.355 e. The molecule has 27 heavy (non-hydrogen) atoms. The predicted octanol–water partition coefficient (Wildman–Crippen LogP) is 2.40. The van der Waals surface area contributed by atoms with Gasteiger partial charge in [-0.1, -0.05) is 6.07 Å². The molecule has 0 aliphatic carbocycles. The maximum absolute atomic E-state index is 13.4. The second-order valence-electron chi connectivity index (χ2n) is 6.32. The first-order valence-electron chi connectivity index (χ1n) is 8.52. The van der Waals surface area contributed by atoms with Crippen molar-refractivity contribution in [1.29, 1.82) is 0 Å². The number of hydrogen-bond acceptors (Lipinski definition) is 4. The van der Waals surface area contributed by atoms with Gasteiger partial charge in [0.15, 0.2) is 5.96 Å². The van der Waals surface area contributed by atoms with E-state index in [0.29, 0.717) is 25.6 Å². The van der Waals surface area contributed by atoms with E-state index < -0.39 is 10.0 Å². The topological polar surface area (TPSA) is 73.8 Å². The molecule has 1 saturated heterocycles. The average Bonchev–Trinajstić information content (AvgIpc) is 3.06. The van der Waals surface area contributed by atoms with E-state index in [9.17, 15) is 12.8 Å². The fourth-order valence-corrected chi connectivity index (χ4v) is 4.88. The molecule has 0 aromatic heterocycles. The normalized spacial score (nSPS) is 18.2. The first-order chi connectivity index (χ1) is 12.3. The van der Waals surface area contributed by atoms with E-state index in [1.165, 1.54) is 12.3 Å². The maximum Gasteiger partial charge on any atom is 0.211 e. The summed E-state index contributed by atoms with van der Waals surface area (Å²) < 4.78 is 38.6. The molecule has 0 saturated carbocycles. The van der Waals surface area contributed by atoms with E-state index >= 15 is 0 Å². The van der Waals surface area contributed by atoms with Crippen LogP contribution in [0.4, 0.5) is 4.39 Å². The molecule has 0 spiro atoms. The zero-order valence-corrected chi connectivity index (χ0v) is 19.8. The van der Waals surface area contributed by atoms with Crippen LogP contribution in [0.5, 0.6) is 0 Å². The lowest BCUT2D eigenvalue weighted by Gasteiger charge is -2.23. The molecule has 0 unspecified atom stereocenters. The molecule has 154 valence electrons. The highest BCUT2D eigenvalue weighted by Crippen LogP contribution is 2.19. The van der Waals surface area contributed by atoms with Crippen LogP contribution in [0, 0.1) is 5.82 Å². The Bertz CT molecular complexity index is 746. The van der Waals surface area contributed by atoms with Gasteiger partial charge < -0.3 is 10.6 Å². The van der Waals surface area contributed by atoms with Crippen LogP contribution in [-0.4, -0.2) is 57.4 Å². The number of halogens is 2. The average molecular weight is 530 g/mol. The molecule has 0 radical (unpaired) electrons. The third kappa shape index (κ3) is 7.39. The molecule has 6 nitrogen and oxygen atoms in total. The molecule has 1 aromatic carbocycles. The summed E-state index contributed by atoms with van der Waals surface area (Å²) in [5.74, 6) is 1.11. The van der Waals surface area contributed by atoms with E-state index in [0.717, 1.165) is 29.7 Å². The summed E-state index contributed by atoms with van der Waals surface area (Å²) >= 11 is 1.64. The molecule has 10 heteroatoms. The highest BCUT2D eigenvalue weighted by Gasteiger charge is 2.31. The molecule has 1 heterocycles. The SMILES string of the molecule is CN=C(NCc1ccc(F)cc1CSC)NC[C@H]1CCCN1S(C)(=O)=O.I. The minimum Gasteiger partial charge on any atom is -0.355 e. The van der Waals surface area contributed by atoms with E-state index in [1.807, 2.05) is 6.26 Å². The molecular formula is C17H28FIN4O2S2. The Morgan fingerprint density at radius 3 is 2.74 bits per heavy atom. The molecule has 0 amide bonds. The fourth-order valence-electron chi connectivity index (χ4n) is 3.12. The number of sulfonamides is 1. The number of nitrogens with zero attached hydrogens (tertiary/aromatic N) is 2. The van der Waals surface area contributed by atoms with Gasteiger partial charge >= 0.3 is 0 Å². The lowest BCUT2D eigenvalue weighted by molar-refractivity contribution is 0.387. The smallest absolute Gasteiger partial charge is 0.211 e. The van der Waals surface area contributed by atoms with Crippen LogP contribution in [0.1, 0.15) is 24.0 Å².